The molecule has 1 aromatic heterocycles. The molecule has 0 aliphatic carbocycles. The average Bonchev–Trinajstić information content (AvgIpc) is 3.03. The number of anilines is 2. The normalized spacial score (nSPS) is 15.9. The van der Waals surface area contributed by atoms with E-state index in [0.29, 0.717) is 16.6 Å². The number of fused-ring (bicyclic) bond motifs is 2. The minimum atomic E-state index is -0.856. The summed E-state index contributed by atoms with van der Waals surface area (Å²) >= 11 is 1.42. The highest BCUT2D eigenvalue weighted by Gasteiger charge is 2.29. The molecule has 0 saturated heterocycles. The summed E-state index contributed by atoms with van der Waals surface area (Å²) < 4.78 is 6.68. The first-order valence-corrected chi connectivity index (χ1v) is 9.20. The Morgan fingerprint density at radius 2 is 2.15 bits per heavy atom. The molecule has 2 heterocycles. The number of nitrogens with zero attached hydrogens (tertiary/aromatic N) is 1. The summed E-state index contributed by atoms with van der Waals surface area (Å²) in [6.45, 7) is 2.10. The second-order valence-electron chi connectivity index (χ2n) is 6.02. The average molecular weight is 367 g/mol. The Kier molecular flexibility index (Phi) is 4.30. The Hall–Kier alpha value is -2.93. The molecule has 4 rings (SSSR count). The first kappa shape index (κ1) is 16.5. The summed E-state index contributed by atoms with van der Waals surface area (Å²) in [6.07, 6.45) is 0.0208. The molecule has 0 radical (unpaired) electrons. The summed E-state index contributed by atoms with van der Waals surface area (Å²) in [5.41, 5.74) is 2.69. The van der Waals surface area contributed by atoms with Crippen molar-refractivity contribution < 1.29 is 14.3 Å². The van der Waals surface area contributed by atoms with Crippen molar-refractivity contribution in [2.24, 2.45) is 0 Å². The van der Waals surface area contributed by atoms with Gasteiger partial charge in [0.15, 0.2) is 11.2 Å². The van der Waals surface area contributed by atoms with Crippen LogP contribution in [-0.4, -0.2) is 22.9 Å². The van der Waals surface area contributed by atoms with E-state index >= 15 is 0 Å². The highest BCUT2D eigenvalue weighted by atomic mass is 32.1. The lowest BCUT2D eigenvalue weighted by atomic mass is 10.1. The van der Waals surface area contributed by atoms with Crippen LogP contribution in [0.2, 0.25) is 0 Å². The van der Waals surface area contributed by atoms with Crippen LogP contribution in [0, 0.1) is 0 Å². The van der Waals surface area contributed by atoms with Gasteiger partial charge in [0, 0.05) is 0 Å². The molecule has 0 fully saturated rings. The first-order valence-electron chi connectivity index (χ1n) is 8.38. The van der Waals surface area contributed by atoms with Gasteiger partial charge in [-0.25, -0.2) is 4.98 Å². The van der Waals surface area contributed by atoms with Crippen molar-refractivity contribution >= 4 is 44.2 Å². The third-order valence-electron chi connectivity index (χ3n) is 4.18. The van der Waals surface area contributed by atoms with Gasteiger partial charge < -0.3 is 15.4 Å². The van der Waals surface area contributed by atoms with Gasteiger partial charge in [0.25, 0.3) is 5.91 Å². The lowest BCUT2D eigenvalue weighted by molar-refractivity contribution is -0.128. The van der Waals surface area contributed by atoms with Gasteiger partial charge in [-0.3, -0.25) is 9.59 Å². The molecule has 132 valence electrons. The van der Waals surface area contributed by atoms with Crippen molar-refractivity contribution in [3.8, 4) is 5.75 Å². The predicted octanol–water partition coefficient (Wildman–Crippen LogP) is 3.59. The van der Waals surface area contributed by atoms with Crippen LogP contribution >= 0.6 is 11.3 Å². The third kappa shape index (κ3) is 3.25. The van der Waals surface area contributed by atoms with Crippen LogP contribution in [0.3, 0.4) is 0 Å². The van der Waals surface area contributed by atoms with Crippen molar-refractivity contribution in [1.29, 1.82) is 0 Å². The molecular formula is C19H17N3O3S. The molecular weight excluding hydrogens is 350 g/mol. The fourth-order valence-electron chi connectivity index (χ4n) is 2.81. The van der Waals surface area contributed by atoms with E-state index in [2.05, 4.69) is 28.6 Å². The van der Waals surface area contributed by atoms with Gasteiger partial charge in [0.2, 0.25) is 5.91 Å². The van der Waals surface area contributed by atoms with Crippen LogP contribution in [0.25, 0.3) is 10.2 Å². The zero-order chi connectivity index (χ0) is 18.1. The standard InChI is InChI=1S/C19H17N3O3S/c1-2-11-7-8-13-16(9-11)26-19(21-13)22-17(23)10-15-18(24)20-12-5-3-4-6-14(12)25-15/h3-9,15H,2,10H2,1H3,(H,20,24)(H,21,22,23)/t15-/m0/s1. The van der Waals surface area contributed by atoms with Crippen molar-refractivity contribution in [3.05, 3.63) is 48.0 Å². The number of carbonyl (C=O) groups excluding carboxylic acids is 2. The number of para-hydroxylation sites is 2. The number of aromatic nitrogens is 1. The predicted molar refractivity (Wildman–Crippen MR) is 102 cm³/mol. The Bertz CT molecular complexity index is 999. The number of aryl methyl sites for hydroxylation is 1. The minimum Gasteiger partial charge on any atom is -0.478 e. The number of hydrogen-bond acceptors (Lipinski definition) is 5. The molecule has 1 atom stereocenters. The minimum absolute atomic E-state index is 0.0731. The molecule has 2 amide bonds. The lowest BCUT2D eigenvalue weighted by Crippen LogP contribution is -2.39. The van der Waals surface area contributed by atoms with Crippen LogP contribution < -0.4 is 15.4 Å². The molecule has 0 spiro atoms. The maximum Gasteiger partial charge on any atom is 0.266 e. The van der Waals surface area contributed by atoms with E-state index < -0.39 is 6.10 Å². The number of carbonyl (C=O) groups is 2. The van der Waals surface area contributed by atoms with Gasteiger partial charge in [-0.2, -0.15) is 0 Å². The fourth-order valence-corrected chi connectivity index (χ4v) is 3.75. The SMILES string of the molecule is CCc1ccc2nc(NC(=O)C[C@@H]3Oc4ccccc4NC3=O)sc2c1. The highest BCUT2D eigenvalue weighted by Crippen LogP contribution is 2.30. The number of thiazole rings is 1. The van der Waals surface area contributed by atoms with Crippen molar-refractivity contribution in [3.63, 3.8) is 0 Å². The molecule has 26 heavy (non-hydrogen) atoms. The van der Waals surface area contributed by atoms with Crippen molar-refractivity contribution in [2.45, 2.75) is 25.9 Å². The quantitative estimate of drug-likeness (QED) is 0.738. The Morgan fingerprint density at radius 3 is 3.00 bits per heavy atom. The van der Waals surface area contributed by atoms with Gasteiger partial charge in [-0.15, -0.1) is 0 Å². The van der Waals surface area contributed by atoms with Crippen molar-refractivity contribution in [1.82, 2.24) is 4.98 Å². The van der Waals surface area contributed by atoms with Crippen LogP contribution in [-0.2, 0) is 16.0 Å². The van der Waals surface area contributed by atoms with Crippen molar-refractivity contribution in [2.75, 3.05) is 10.6 Å². The van der Waals surface area contributed by atoms with E-state index in [1.54, 1.807) is 12.1 Å². The van der Waals surface area contributed by atoms with E-state index in [4.69, 9.17) is 4.74 Å². The summed E-state index contributed by atoms with van der Waals surface area (Å²) in [5, 5.41) is 6.05. The monoisotopic (exact) mass is 367 g/mol. The molecule has 1 aliphatic heterocycles. The van der Waals surface area contributed by atoms with Crippen LogP contribution in [0.1, 0.15) is 18.9 Å². The smallest absolute Gasteiger partial charge is 0.266 e. The number of ether oxygens (including phenoxy) is 1. The molecule has 1 aliphatic rings. The number of hydrogen-bond donors (Lipinski definition) is 2. The Morgan fingerprint density at radius 1 is 1.31 bits per heavy atom. The number of rotatable bonds is 4. The van der Waals surface area contributed by atoms with Crippen LogP contribution in [0.4, 0.5) is 10.8 Å². The second kappa shape index (κ2) is 6.76. The summed E-state index contributed by atoms with van der Waals surface area (Å²) in [6, 6.07) is 13.2. The number of amides is 2. The van der Waals surface area contributed by atoms with Gasteiger partial charge >= 0.3 is 0 Å². The molecule has 6 nitrogen and oxygen atoms in total. The Labute approximate surface area is 154 Å². The lowest BCUT2D eigenvalue weighted by Gasteiger charge is -2.25. The van der Waals surface area contributed by atoms with E-state index in [-0.39, 0.29) is 18.2 Å². The maximum atomic E-state index is 12.3. The van der Waals surface area contributed by atoms with Gasteiger partial charge in [0.05, 0.1) is 22.3 Å². The van der Waals surface area contributed by atoms with E-state index in [1.807, 2.05) is 24.3 Å². The van der Waals surface area contributed by atoms with Crippen LogP contribution in [0.15, 0.2) is 42.5 Å². The molecule has 7 heteroatoms. The second-order valence-corrected chi connectivity index (χ2v) is 7.05. The number of benzene rings is 2. The number of nitrogens with one attached hydrogen (secondary N) is 2. The van der Waals surface area contributed by atoms with E-state index in [1.165, 1.54) is 16.9 Å². The van der Waals surface area contributed by atoms with Gasteiger partial charge in [0.1, 0.15) is 5.75 Å². The fraction of sp³-hybridized carbons (Fsp3) is 0.211. The van der Waals surface area contributed by atoms with Gasteiger partial charge in [-0.1, -0.05) is 36.5 Å². The first-order chi connectivity index (χ1) is 12.6. The Balaban J connectivity index is 1.45. The highest BCUT2D eigenvalue weighted by molar-refractivity contribution is 7.22. The molecule has 0 bridgehead atoms. The molecule has 3 aromatic rings. The maximum absolute atomic E-state index is 12.3. The molecule has 0 unspecified atom stereocenters. The topological polar surface area (TPSA) is 80.3 Å². The summed E-state index contributed by atoms with van der Waals surface area (Å²) in [7, 11) is 0. The van der Waals surface area contributed by atoms with E-state index in [9.17, 15) is 9.59 Å². The summed E-state index contributed by atoms with van der Waals surface area (Å²) in [4.78, 5) is 28.9. The zero-order valence-corrected chi connectivity index (χ0v) is 14.9. The van der Waals surface area contributed by atoms with Gasteiger partial charge in [-0.05, 0) is 36.2 Å². The molecule has 0 saturated carbocycles. The van der Waals surface area contributed by atoms with E-state index in [0.717, 1.165) is 16.6 Å². The largest absolute Gasteiger partial charge is 0.478 e. The van der Waals surface area contributed by atoms with Crippen LogP contribution in [0.5, 0.6) is 5.75 Å². The summed E-state index contributed by atoms with van der Waals surface area (Å²) in [5.74, 6) is -0.0629. The molecule has 2 N–H and O–H groups in total. The molecule has 2 aromatic carbocycles. The third-order valence-corrected chi connectivity index (χ3v) is 5.12. The zero-order valence-electron chi connectivity index (χ0n) is 14.1.